The van der Waals surface area contributed by atoms with Crippen LogP contribution in [0.4, 0.5) is 0 Å². The molecule has 0 bridgehead atoms. The first-order valence-corrected chi connectivity index (χ1v) is 8.16. The van der Waals surface area contributed by atoms with Crippen molar-refractivity contribution in [1.29, 1.82) is 0 Å². The lowest BCUT2D eigenvalue weighted by atomic mass is 9.75. The summed E-state index contributed by atoms with van der Waals surface area (Å²) in [7, 11) is 0. The second kappa shape index (κ2) is 6.82. The molecule has 0 saturated heterocycles. The predicted molar refractivity (Wildman–Crippen MR) is 85.7 cm³/mol. The number of fused-ring (bicyclic) bond motifs is 1. The number of hydrogen-bond donors (Lipinski definition) is 1. The molecular weight excluding hydrogens is 270 g/mol. The minimum atomic E-state index is 0.181. The van der Waals surface area contributed by atoms with Gasteiger partial charge in [0.2, 0.25) is 0 Å². The van der Waals surface area contributed by atoms with Crippen molar-refractivity contribution in [2.24, 2.45) is 11.1 Å². The van der Waals surface area contributed by atoms with Crippen LogP contribution >= 0.6 is 11.6 Å². The highest BCUT2D eigenvalue weighted by atomic mass is 35.5. The summed E-state index contributed by atoms with van der Waals surface area (Å²) in [6, 6.07) is 4.10. The summed E-state index contributed by atoms with van der Waals surface area (Å²) in [4.78, 5) is 0. The predicted octanol–water partition coefficient (Wildman–Crippen LogP) is 4.36. The topological polar surface area (TPSA) is 35.2 Å². The summed E-state index contributed by atoms with van der Waals surface area (Å²) in [6.07, 6.45) is 6.67. The fourth-order valence-electron chi connectivity index (χ4n) is 3.14. The average Bonchev–Trinajstić information content (AvgIpc) is 2.91. The zero-order chi connectivity index (χ0) is 14.6. The molecule has 2 nitrogen and oxygen atoms in total. The number of ether oxygens (including phenoxy) is 1. The summed E-state index contributed by atoms with van der Waals surface area (Å²) in [5, 5.41) is 0.821. The van der Waals surface area contributed by atoms with Crippen LogP contribution in [0.2, 0.25) is 5.02 Å². The van der Waals surface area contributed by atoms with Crippen LogP contribution in [0, 0.1) is 5.41 Å². The number of unbranched alkanes of at least 4 members (excludes halogenated alkanes) is 1. The summed E-state index contributed by atoms with van der Waals surface area (Å²) in [6.45, 7) is 5.98. The van der Waals surface area contributed by atoms with Crippen LogP contribution in [0.3, 0.4) is 0 Å². The van der Waals surface area contributed by atoms with E-state index in [2.05, 4.69) is 19.9 Å². The van der Waals surface area contributed by atoms with Crippen molar-refractivity contribution in [2.45, 2.75) is 52.4 Å². The molecule has 1 unspecified atom stereocenters. The Bertz CT molecular complexity index is 455. The molecule has 112 valence electrons. The second-order valence-corrected chi connectivity index (χ2v) is 6.43. The Kier molecular flexibility index (Phi) is 5.34. The van der Waals surface area contributed by atoms with Gasteiger partial charge < -0.3 is 10.5 Å². The second-order valence-electron chi connectivity index (χ2n) is 5.99. The lowest BCUT2D eigenvalue weighted by molar-refractivity contribution is 0.247. The van der Waals surface area contributed by atoms with Crippen LogP contribution in [0.25, 0.3) is 0 Å². The Balaban J connectivity index is 2.27. The van der Waals surface area contributed by atoms with E-state index < -0.39 is 0 Å². The summed E-state index contributed by atoms with van der Waals surface area (Å²) >= 11 is 6.26. The van der Waals surface area contributed by atoms with Gasteiger partial charge >= 0.3 is 0 Å². The van der Waals surface area contributed by atoms with Crippen molar-refractivity contribution in [2.75, 3.05) is 13.2 Å². The van der Waals surface area contributed by atoms with Crippen LogP contribution < -0.4 is 10.5 Å². The monoisotopic (exact) mass is 295 g/mol. The maximum atomic E-state index is 6.26. The van der Waals surface area contributed by atoms with Gasteiger partial charge in [0.1, 0.15) is 5.75 Å². The molecule has 2 rings (SSSR count). The highest BCUT2D eigenvalue weighted by molar-refractivity contribution is 6.30. The molecule has 20 heavy (non-hydrogen) atoms. The molecule has 0 fully saturated rings. The molecule has 3 heteroatoms. The average molecular weight is 296 g/mol. The van der Waals surface area contributed by atoms with Crippen molar-refractivity contribution < 1.29 is 4.74 Å². The third kappa shape index (κ3) is 3.29. The van der Waals surface area contributed by atoms with Crippen LogP contribution in [0.5, 0.6) is 5.75 Å². The Labute approximate surface area is 127 Å². The molecule has 1 heterocycles. The van der Waals surface area contributed by atoms with Crippen LogP contribution in [-0.4, -0.2) is 13.2 Å². The third-order valence-corrected chi connectivity index (χ3v) is 4.85. The number of benzene rings is 1. The zero-order valence-electron chi connectivity index (χ0n) is 12.7. The molecular formula is C17H26ClNO. The van der Waals surface area contributed by atoms with Gasteiger partial charge in [-0.05, 0) is 54.5 Å². The summed E-state index contributed by atoms with van der Waals surface area (Å²) in [5.41, 5.74) is 8.80. The van der Waals surface area contributed by atoms with E-state index in [1.165, 1.54) is 30.4 Å². The Morgan fingerprint density at radius 3 is 2.80 bits per heavy atom. The quantitative estimate of drug-likeness (QED) is 0.811. The molecule has 1 aromatic rings. The zero-order valence-corrected chi connectivity index (χ0v) is 13.4. The highest BCUT2D eigenvalue weighted by Crippen LogP contribution is 2.39. The van der Waals surface area contributed by atoms with Gasteiger partial charge in [0.25, 0.3) is 0 Å². The molecule has 0 amide bonds. The van der Waals surface area contributed by atoms with E-state index in [0.29, 0.717) is 0 Å². The Hall–Kier alpha value is -0.730. The number of rotatable bonds is 7. The smallest absolute Gasteiger partial charge is 0.125 e. The van der Waals surface area contributed by atoms with Gasteiger partial charge in [-0.3, -0.25) is 0 Å². The number of halogens is 1. The normalized spacial score (nSPS) is 16.6. The molecule has 1 aliphatic rings. The van der Waals surface area contributed by atoms with Crippen LogP contribution in [-0.2, 0) is 12.8 Å². The lowest BCUT2D eigenvalue weighted by Crippen LogP contribution is -2.32. The van der Waals surface area contributed by atoms with Crippen LogP contribution in [0.1, 0.15) is 50.7 Å². The van der Waals surface area contributed by atoms with Gasteiger partial charge in [-0.15, -0.1) is 0 Å². The summed E-state index contributed by atoms with van der Waals surface area (Å²) in [5.74, 6) is 1.07. The largest absolute Gasteiger partial charge is 0.493 e. The molecule has 2 N–H and O–H groups in total. The Morgan fingerprint density at radius 2 is 2.15 bits per heavy atom. The van der Waals surface area contributed by atoms with Crippen molar-refractivity contribution >= 4 is 11.6 Å². The molecule has 1 aromatic carbocycles. The van der Waals surface area contributed by atoms with Gasteiger partial charge in [-0.1, -0.05) is 38.3 Å². The maximum absolute atomic E-state index is 6.26. The van der Waals surface area contributed by atoms with E-state index in [0.717, 1.165) is 43.2 Å². The first kappa shape index (κ1) is 15.7. The van der Waals surface area contributed by atoms with E-state index in [9.17, 15) is 0 Å². The van der Waals surface area contributed by atoms with E-state index in [1.54, 1.807) is 0 Å². The number of hydrogen-bond acceptors (Lipinski definition) is 2. The molecule has 1 atom stereocenters. The van der Waals surface area contributed by atoms with Gasteiger partial charge in [0.05, 0.1) is 6.61 Å². The van der Waals surface area contributed by atoms with Gasteiger partial charge in [-0.2, -0.15) is 0 Å². The fourth-order valence-corrected chi connectivity index (χ4v) is 3.41. The molecule has 0 aromatic heterocycles. The highest BCUT2D eigenvalue weighted by Gasteiger charge is 2.29. The van der Waals surface area contributed by atoms with Crippen molar-refractivity contribution in [3.8, 4) is 5.75 Å². The van der Waals surface area contributed by atoms with Gasteiger partial charge in [0, 0.05) is 11.4 Å². The minimum absolute atomic E-state index is 0.181. The molecule has 0 saturated carbocycles. The summed E-state index contributed by atoms with van der Waals surface area (Å²) < 4.78 is 5.82. The first-order valence-electron chi connectivity index (χ1n) is 7.78. The fraction of sp³-hybridized carbons (Fsp3) is 0.647. The maximum Gasteiger partial charge on any atom is 0.125 e. The Morgan fingerprint density at radius 1 is 1.35 bits per heavy atom. The third-order valence-electron chi connectivity index (χ3n) is 4.63. The van der Waals surface area contributed by atoms with Gasteiger partial charge in [0.15, 0.2) is 0 Å². The first-order chi connectivity index (χ1) is 9.64. The standard InChI is InChI=1S/C17H26ClNO/c1-3-5-7-17(4-2,12-19)11-14-10-15(18)9-13-6-8-20-16(13)14/h9-10H,3-8,11-12,19H2,1-2H3. The van der Waals surface area contributed by atoms with Crippen molar-refractivity contribution in [1.82, 2.24) is 0 Å². The van der Waals surface area contributed by atoms with E-state index in [1.807, 2.05) is 6.07 Å². The molecule has 0 radical (unpaired) electrons. The van der Waals surface area contributed by atoms with E-state index in [4.69, 9.17) is 22.1 Å². The van der Waals surface area contributed by atoms with Crippen molar-refractivity contribution in [3.05, 3.63) is 28.3 Å². The minimum Gasteiger partial charge on any atom is -0.493 e. The lowest BCUT2D eigenvalue weighted by Gasteiger charge is -2.32. The van der Waals surface area contributed by atoms with E-state index in [-0.39, 0.29) is 5.41 Å². The SMILES string of the molecule is CCCCC(CC)(CN)Cc1cc(Cl)cc2c1OCC2. The van der Waals surface area contributed by atoms with E-state index >= 15 is 0 Å². The molecule has 1 aliphatic heterocycles. The van der Waals surface area contributed by atoms with Crippen LogP contribution in [0.15, 0.2) is 12.1 Å². The molecule has 0 spiro atoms. The van der Waals surface area contributed by atoms with Crippen molar-refractivity contribution in [3.63, 3.8) is 0 Å². The van der Waals surface area contributed by atoms with Gasteiger partial charge in [-0.25, -0.2) is 0 Å². The number of nitrogens with two attached hydrogens (primary N) is 1. The molecule has 0 aliphatic carbocycles.